The average Bonchev–Trinajstić information content (AvgIpc) is 2.47. The molecule has 0 spiro atoms. The molecule has 0 unspecified atom stereocenters. The minimum absolute atomic E-state index is 0.0864. The van der Waals surface area contributed by atoms with E-state index in [0.717, 1.165) is 6.20 Å². The van der Waals surface area contributed by atoms with Crippen LogP contribution in [-0.2, 0) is 0 Å². The second-order valence-corrected chi connectivity index (χ2v) is 2.69. The van der Waals surface area contributed by atoms with Crippen LogP contribution in [0, 0.1) is 0 Å². The van der Waals surface area contributed by atoms with Gasteiger partial charge in [-0.15, -0.1) is 0 Å². The minimum atomic E-state index is -1.17. The van der Waals surface area contributed by atoms with Crippen molar-refractivity contribution in [2.75, 3.05) is 5.73 Å². The molecule has 0 aromatic carbocycles. The van der Waals surface area contributed by atoms with Crippen LogP contribution in [0.3, 0.4) is 0 Å². The van der Waals surface area contributed by atoms with Gasteiger partial charge in [0.1, 0.15) is 16.9 Å². The second kappa shape index (κ2) is 2.59. The van der Waals surface area contributed by atoms with Crippen molar-refractivity contribution in [1.29, 1.82) is 0 Å². The molecule has 0 saturated carbocycles. The van der Waals surface area contributed by atoms with Crippen LogP contribution in [0.2, 0.25) is 0 Å². The predicted molar refractivity (Wildman–Crippen MR) is 48.1 cm³/mol. The molecule has 0 amide bonds. The van der Waals surface area contributed by atoms with Crippen molar-refractivity contribution in [2.24, 2.45) is 0 Å². The van der Waals surface area contributed by atoms with Crippen molar-refractivity contribution in [2.45, 2.75) is 0 Å². The zero-order chi connectivity index (χ0) is 10.3. The van der Waals surface area contributed by atoms with E-state index >= 15 is 0 Å². The number of nitrogens with zero attached hydrogens (tertiary/aromatic N) is 1. The summed E-state index contributed by atoms with van der Waals surface area (Å²) >= 11 is 0. The maximum Gasteiger partial charge on any atom is 0.339 e. The first-order valence-electron chi connectivity index (χ1n) is 3.69. The highest BCUT2D eigenvalue weighted by molar-refractivity contribution is 6.02. The van der Waals surface area contributed by atoms with Crippen LogP contribution in [0.5, 0.6) is 0 Å². The van der Waals surface area contributed by atoms with Gasteiger partial charge in [0, 0.05) is 6.20 Å². The normalized spacial score (nSPS) is 10.6. The van der Waals surface area contributed by atoms with E-state index in [9.17, 15) is 9.59 Å². The first-order valence-corrected chi connectivity index (χ1v) is 3.69. The zero-order valence-corrected chi connectivity index (χ0v) is 6.87. The number of hydrogen-bond donors (Lipinski definition) is 4. The van der Waals surface area contributed by atoms with Crippen LogP contribution in [0.25, 0.3) is 11.0 Å². The lowest BCUT2D eigenvalue weighted by molar-refractivity contribution is 0.0698. The van der Waals surface area contributed by atoms with Crippen LogP contribution < -0.4 is 11.4 Å². The highest BCUT2D eigenvalue weighted by Gasteiger charge is 2.13. The molecule has 0 bridgehead atoms. The molecule has 7 nitrogen and oxygen atoms in total. The Morgan fingerprint density at radius 3 is 2.71 bits per heavy atom. The Labute approximate surface area is 76.6 Å². The molecule has 0 aliphatic rings. The molecule has 0 aliphatic heterocycles. The third-order valence-corrected chi connectivity index (χ3v) is 1.82. The first kappa shape index (κ1) is 8.30. The van der Waals surface area contributed by atoms with Crippen LogP contribution in [0.4, 0.5) is 5.82 Å². The highest BCUT2D eigenvalue weighted by Crippen LogP contribution is 2.16. The lowest BCUT2D eigenvalue weighted by atomic mass is 10.2. The molecule has 0 saturated heterocycles. The first-order chi connectivity index (χ1) is 6.59. The van der Waals surface area contributed by atoms with E-state index in [1.807, 2.05) is 0 Å². The fourth-order valence-electron chi connectivity index (χ4n) is 1.20. The number of aromatic amines is 2. The molecular formula is C7H6N4O3. The topological polar surface area (TPSA) is 125 Å². The fourth-order valence-corrected chi connectivity index (χ4v) is 1.20. The summed E-state index contributed by atoms with van der Waals surface area (Å²) in [5, 5.41) is 8.77. The van der Waals surface area contributed by atoms with Crippen LogP contribution in [0.1, 0.15) is 10.4 Å². The molecule has 72 valence electrons. The number of aromatic carboxylic acids is 1. The molecule has 14 heavy (non-hydrogen) atoms. The fraction of sp³-hybridized carbons (Fsp3) is 0. The summed E-state index contributed by atoms with van der Waals surface area (Å²) in [6, 6.07) is 0. The number of carboxylic acid groups (broad SMARTS) is 1. The Balaban J connectivity index is 2.94. The van der Waals surface area contributed by atoms with Gasteiger partial charge in [0.05, 0.1) is 5.52 Å². The van der Waals surface area contributed by atoms with Gasteiger partial charge >= 0.3 is 11.7 Å². The molecule has 2 heterocycles. The van der Waals surface area contributed by atoms with Gasteiger partial charge in [-0.2, -0.15) is 0 Å². The molecular weight excluding hydrogens is 188 g/mol. The SMILES string of the molecule is Nc1ncc(C(=O)O)c2[nH]c(=O)[nH]c12. The van der Waals surface area contributed by atoms with Gasteiger partial charge in [-0.3, -0.25) is 0 Å². The summed E-state index contributed by atoms with van der Waals surface area (Å²) in [6.45, 7) is 0. The van der Waals surface area contributed by atoms with E-state index < -0.39 is 11.7 Å². The van der Waals surface area contributed by atoms with E-state index in [2.05, 4.69) is 15.0 Å². The number of carboxylic acids is 1. The summed E-state index contributed by atoms with van der Waals surface area (Å²) in [5.74, 6) is -1.08. The number of nitrogens with two attached hydrogens (primary N) is 1. The summed E-state index contributed by atoms with van der Waals surface area (Å²) in [4.78, 5) is 30.0. The van der Waals surface area contributed by atoms with Gasteiger partial charge in [0.15, 0.2) is 0 Å². The predicted octanol–water partition coefficient (Wildman–Crippen LogP) is -0.468. The number of hydrogen-bond acceptors (Lipinski definition) is 4. The molecule has 0 fully saturated rings. The Bertz CT molecular complexity index is 568. The third kappa shape index (κ3) is 1.03. The number of aromatic nitrogens is 3. The number of H-pyrrole nitrogens is 2. The van der Waals surface area contributed by atoms with Crippen molar-refractivity contribution in [3.8, 4) is 0 Å². The van der Waals surface area contributed by atoms with E-state index in [0.29, 0.717) is 0 Å². The van der Waals surface area contributed by atoms with Crippen molar-refractivity contribution >= 4 is 22.8 Å². The van der Waals surface area contributed by atoms with E-state index in [-0.39, 0.29) is 22.4 Å². The Kier molecular flexibility index (Phi) is 1.53. The van der Waals surface area contributed by atoms with Gasteiger partial charge in [0.25, 0.3) is 0 Å². The number of nitrogens with one attached hydrogen (secondary N) is 2. The van der Waals surface area contributed by atoms with Gasteiger partial charge in [-0.25, -0.2) is 14.6 Å². The van der Waals surface area contributed by atoms with Gasteiger partial charge in [-0.1, -0.05) is 0 Å². The lowest BCUT2D eigenvalue weighted by Gasteiger charge is -1.97. The third-order valence-electron chi connectivity index (χ3n) is 1.82. The minimum Gasteiger partial charge on any atom is -0.478 e. The second-order valence-electron chi connectivity index (χ2n) is 2.69. The molecule has 2 aromatic heterocycles. The quantitative estimate of drug-likeness (QED) is 0.488. The Hall–Kier alpha value is -2.31. The molecule has 2 aromatic rings. The summed E-state index contributed by atoms with van der Waals surface area (Å²) in [6.07, 6.45) is 1.10. The maximum absolute atomic E-state index is 10.9. The number of pyridine rings is 1. The van der Waals surface area contributed by atoms with E-state index in [1.165, 1.54) is 0 Å². The summed E-state index contributed by atoms with van der Waals surface area (Å²) < 4.78 is 0. The number of fused-ring (bicyclic) bond motifs is 1. The van der Waals surface area contributed by atoms with Crippen LogP contribution >= 0.6 is 0 Å². The number of carbonyl (C=O) groups is 1. The molecule has 7 heteroatoms. The zero-order valence-electron chi connectivity index (χ0n) is 6.87. The van der Waals surface area contributed by atoms with Crippen molar-refractivity contribution < 1.29 is 9.90 Å². The summed E-state index contributed by atoms with van der Waals surface area (Å²) in [5.41, 5.74) is 5.22. The molecule has 5 N–H and O–H groups in total. The largest absolute Gasteiger partial charge is 0.478 e. The van der Waals surface area contributed by atoms with Gasteiger partial charge in [0.2, 0.25) is 0 Å². The van der Waals surface area contributed by atoms with E-state index in [4.69, 9.17) is 10.8 Å². The van der Waals surface area contributed by atoms with Crippen LogP contribution in [0.15, 0.2) is 11.0 Å². The standard InChI is InChI=1S/C7H6N4O3/c8-5-4-3(10-7(14)11-4)2(1-9-5)6(12)13/h1H,(H2,8,9)(H,12,13)(H2,10,11,14). The monoisotopic (exact) mass is 194 g/mol. The molecule has 0 radical (unpaired) electrons. The number of imidazole rings is 1. The number of rotatable bonds is 1. The Morgan fingerprint density at radius 1 is 1.43 bits per heavy atom. The lowest BCUT2D eigenvalue weighted by Crippen LogP contribution is -2.02. The van der Waals surface area contributed by atoms with Crippen molar-refractivity contribution in [1.82, 2.24) is 15.0 Å². The van der Waals surface area contributed by atoms with Crippen LogP contribution in [-0.4, -0.2) is 26.0 Å². The van der Waals surface area contributed by atoms with Gasteiger partial charge < -0.3 is 20.8 Å². The van der Waals surface area contributed by atoms with Crippen molar-refractivity contribution in [3.05, 3.63) is 22.2 Å². The average molecular weight is 194 g/mol. The van der Waals surface area contributed by atoms with Crippen molar-refractivity contribution in [3.63, 3.8) is 0 Å². The molecule has 0 atom stereocenters. The molecule has 0 aliphatic carbocycles. The number of anilines is 1. The van der Waals surface area contributed by atoms with Gasteiger partial charge in [-0.05, 0) is 0 Å². The highest BCUT2D eigenvalue weighted by atomic mass is 16.4. The van der Waals surface area contributed by atoms with E-state index in [1.54, 1.807) is 0 Å². The summed E-state index contributed by atoms with van der Waals surface area (Å²) in [7, 11) is 0. The maximum atomic E-state index is 10.9. The Morgan fingerprint density at radius 2 is 2.07 bits per heavy atom. The molecule has 2 rings (SSSR count). The smallest absolute Gasteiger partial charge is 0.339 e. The number of nitrogen functional groups attached to an aromatic ring is 1.